The number of aromatic nitrogens is 2. The Morgan fingerprint density at radius 2 is 2.20 bits per heavy atom. The molecule has 2 aromatic rings. The van der Waals surface area contributed by atoms with Gasteiger partial charge < -0.3 is 15.3 Å². The van der Waals surface area contributed by atoms with E-state index in [2.05, 4.69) is 20.2 Å². The van der Waals surface area contributed by atoms with Gasteiger partial charge in [-0.15, -0.1) is 0 Å². The Balaban J connectivity index is 1.44. The number of pyridine rings is 2. The highest BCUT2D eigenvalue weighted by atomic mass is 16.3. The second-order valence-corrected chi connectivity index (χ2v) is 6.37. The van der Waals surface area contributed by atoms with Gasteiger partial charge in [-0.2, -0.15) is 0 Å². The monoisotopic (exact) mass is 340 g/mol. The van der Waals surface area contributed by atoms with Crippen LogP contribution in [0, 0.1) is 5.92 Å². The summed E-state index contributed by atoms with van der Waals surface area (Å²) in [5.74, 6) is 1.08. The first-order valence-corrected chi connectivity index (χ1v) is 8.76. The van der Waals surface area contributed by atoms with Crippen LogP contribution in [0.15, 0.2) is 42.7 Å². The zero-order valence-corrected chi connectivity index (χ0v) is 14.3. The highest BCUT2D eigenvalue weighted by Gasteiger charge is 2.22. The third-order valence-electron chi connectivity index (χ3n) is 4.50. The number of aryl methyl sites for hydroxylation is 1. The fraction of sp³-hybridized carbons (Fsp3) is 0.421. The number of carbonyl (C=O) groups excluding carboxylic acids is 1. The van der Waals surface area contributed by atoms with Gasteiger partial charge in [-0.25, -0.2) is 4.98 Å². The summed E-state index contributed by atoms with van der Waals surface area (Å²) in [6.07, 6.45) is 6.08. The van der Waals surface area contributed by atoms with Crippen LogP contribution >= 0.6 is 0 Å². The molecule has 6 heteroatoms. The van der Waals surface area contributed by atoms with Gasteiger partial charge in [0, 0.05) is 50.2 Å². The SMILES string of the molecule is O=C(NCCCc1ccccn1)c1ccc(N2CC[C@H](CO)C2)nc1. The molecule has 2 aromatic heterocycles. The second-order valence-electron chi connectivity index (χ2n) is 6.37. The van der Waals surface area contributed by atoms with Crippen LogP contribution in [-0.4, -0.2) is 47.2 Å². The van der Waals surface area contributed by atoms with Crippen molar-refractivity contribution in [3.05, 3.63) is 54.0 Å². The van der Waals surface area contributed by atoms with E-state index in [1.807, 2.05) is 30.3 Å². The van der Waals surface area contributed by atoms with Gasteiger partial charge in [-0.1, -0.05) is 6.07 Å². The summed E-state index contributed by atoms with van der Waals surface area (Å²) in [7, 11) is 0. The highest BCUT2D eigenvalue weighted by molar-refractivity contribution is 5.94. The van der Waals surface area contributed by atoms with E-state index in [0.717, 1.165) is 43.9 Å². The molecule has 132 valence electrons. The van der Waals surface area contributed by atoms with E-state index in [1.165, 1.54) is 0 Å². The summed E-state index contributed by atoms with van der Waals surface area (Å²) >= 11 is 0. The summed E-state index contributed by atoms with van der Waals surface area (Å²) in [5, 5.41) is 12.1. The predicted octanol–water partition coefficient (Wildman–Crippen LogP) is 1.66. The topological polar surface area (TPSA) is 78.4 Å². The van der Waals surface area contributed by atoms with Crippen molar-refractivity contribution < 1.29 is 9.90 Å². The maximum Gasteiger partial charge on any atom is 0.252 e. The molecule has 0 saturated carbocycles. The molecule has 0 spiro atoms. The number of hydrogen-bond acceptors (Lipinski definition) is 5. The standard InChI is InChI=1S/C19H24N4O2/c24-14-15-8-11-23(13-15)18-7-6-16(12-22-18)19(25)21-10-3-5-17-4-1-2-9-20-17/h1-2,4,6-7,9,12,15,24H,3,5,8,10-11,13-14H2,(H,21,25)/t15-/m0/s1. The van der Waals surface area contributed by atoms with Crippen LogP contribution in [0.25, 0.3) is 0 Å². The number of carbonyl (C=O) groups is 1. The molecule has 1 amide bonds. The van der Waals surface area contributed by atoms with Crippen molar-refractivity contribution in [2.75, 3.05) is 31.1 Å². The Morgan fingerprint density at radius 3 is 2.88 bits per heavy atom. The summed E-state index contributed by atoms with van der Waals surface area (Å²) in [4.78, 5) is 23.0. The molecule has 1 saturated heterocycles. The first kappa shape index (κ1) is 17.4. The van der Waals surface area contributed by atoms with E-state index in [9.17, 15) is 9.90 Å². The van der Waals surface area contributed by atoms with Gasteiger partial charge >= 0.3 is 0 Å². The fourth-order valence-electron chi connectivity index (χ4n) is 3.02. The summed E-state index contributed by atoms with van der Waals surface area (Å²) < 4.78 is 0. The van der Waals surface area contributed by atoms with E-state index >= 15 is 0 Å². The lowest BCUT2D eigenvalue weighted by Crippen LogP contribution is -2.25. The van der Waals surface area contributed by atoms with Gasteiger partial charge in [0.25, 0.3) is 5.91 Å². The van der Waals surface area contributed by atoms with Crippen LogP contribution in [0.5, 0.6) is 0 Å². The number of amides is 1. The van der Waals surface area contributed by atoms with E-state index in [-0.39, 0.29) is 12.5 Å². The molecule has 3 heterocycles. The van der Waals surface area contributed by atoms with Gasteiger partial charge in [0.2, 0.25) is 0 Å². The van der Waals surface area contributed by atoms with Crippen molar-refractivity contribution in [1.82, 2.24) is 15.3 Å². The van der Waals surface area contributed by atoms with Crippen molar-refractivity contribution in [3.8, 4) is 0 Å². The summed E-state index contributed by atoms with van der Waals surface area (Å²) in [5.41, 5.74) is 1.61. The normalized spacial score (nSPS) is 16.8. The maximum atomic E-state index is 12.2. The molecule has 0 unspecified atom stereocenters. The fourth-order valence-corrected chi connectivity index (χ4v) is 3.02. The number of anilines is 1. The molecule has 1 aliphatic heterocycles. The predicted molar refractivity (Wildman–Crippen MR) is 96.5 cm³/mol. The minimum Gasteiger partial charge on any atom is -0.396 e. The third kappa shape index (κ3) is 4.76. The lowest BCUT2D eigenvalue weighted by atomic mass is 10.1. The van der Waals surface area contributed by atoms with Gasteiger partial charge in [0.15, 0.2) is 0 Å². The molecule has 25 heavy (non-hydrogen) atoms. The lowest BCUT2D eigenvalue weighted by Gasteiger charge is -2.17. The molecule has 2 N–H and O–H groups in total. The van der Waals surface area contributed by atoms with E-state index < -0.39 is 0 Å². The molecule has 1 fully saturated rings. The van der Waals surface area contributed by atoms with Crippen LogP contribution in [0.2, 0.25) is 0 Å². The molecule has 0 aliphatic carbocycles. The molecule has 1 atom stereocenters. The largest absolute Gasteiger partial charge is 0.396 e. The van der Waals surface area contributed by atoms with Gasteiger partial charge in [0.1, 0.15) is 5.82 Å². The zero-order chi connectivity index (χ0) is 17.5. The third-order valence-corrected chi connectivity index (χ3v) is 4.50. The van der Waals surface area contributed by atoms with Crippen molar-refractivity contribution in [3.63, 3.8) is 0 Å². The molecule has 0 radical (unpaired) electrons. The maximum absolute atomic E-state index is 12.2. The number of hydrogen-bond donors (Lipinski definition) is 2. The average Bonchev–Trinajstić information content (AvgIpc) is 3.15. The molecule has 1 aliphatic rings. The molecule has 0 aromatic carbocycles. The van der Waals surface area contributed by atoms with Crippen molar-refractivity contribution >= 4 is 11.7 Å². The van der Waals surface area contributed by atoms with Crippen LogP contribution < -0.4 is 10.2 Å². The highest BCUT2D eigenvalue weighted by Crippen LogP contribution is 2.21. The number of aliphatic hydroxyl groups excluding tert-OH is 1. The summed E-state index contributed by atoms with van der Waals surface area (Å²) in [6, 6.07) is 9.54. The Kier molecular flexibility index (Phi) is 5.95. The van der Waals surface area contributed by atoms with Crippen LogP contribution in [0.3, 0.4) is 0 Å². The van der Waals surface area contributed by atoms with Crippen LogP contribution in [0.1, 0.15) is 28.9 Å². The first-order valence-electron chi connectivity index (χ1n) is 8.76. The molecule has 6 nitrogen and oxygen atoms in total. The average molecular weight is 340 g/mol. The van der Waals surface area contributed by atoms with Gasteiger partial charge in [0.05, 0.1) is 5.56 Å². The zero-order valence-electron chi connectivity index (χ0n) is 14.3. The lowest BCUT2D eigenvalue weighted by molar-refractivity contribution is 0.0953. The number of rotatable bonds is 7. The van der Waals surface area contributed by atoms with Crippen molar-refractivity contribution in [2.45, 2.75) is 19.3 Å². The van der Waals surface area contributed by atoms with E-state index in [0.29, 0.717) is 18.0 Å². The quantitative estimate of drug-likeness (QED) is 0.750. The number of nitrogens with zero attached hydrogens (tertiary/aromatic N) is 3. The Morgan fingerprint density at radius 1 is 1.28 bits per heavy atom. The Hall–Kier alpha value is -2.47. The molecule has 0 bridgehead atoms. The smallest absolute Gasteiger partial charge is 0.252 e. The molecular formula is C19H24N4O2. The van der Waals surface area contributed by atoms with Crippen molar-refractivity contribution in [1.29, 1.82) is 0 Å². The first-order chi connectivity index (χ1) is 12.3. The van der Waals surface area contributed by atoms with Gasteiger partial charge in [-0.3, -0.25) is 9.78 Å². The molecule has 3 rings (SSSR count). The summed E-state index contributed by atoms with van der Waals surface area (Å²) in [6.45, 7) is 2.55. The van der Waals surface area contributed by atoms with E-state index in [1.54, 1.807) is 12.4 Å². The number of aliphatic hydroxyl groups is 1. The number of nitrogens with one attached hydrogen (secondary N) is 1. The second kappa shape index (κ2) is 8.58. The Labute approximate surface area is 147 Å². The van der Waals surface area contributed by atoms with Crippen LogP contribution in [-0.2, 0) is 6.42 Å². The minimum absolute atomic E-state index is 0.102. The van der Waals surface area contributed by atoms with E-state index in [4.69, 9.17) is 0 Å². The van der Waals surface area contributed by atoms with Crippen LogP contribution in [0.4, 0.5) is 5.82 Å². The van der Waals surface area contributed by atoms with Crippen molar-refractivity contribution in [2.24, 2.45) is 5.92 Å². The minimum atomic E-state index is -0.102. The van der Waals surface area contributed by atoms with Gasteiger partial charge in [-0.05, 0) is 43.5 Å². The molecular weight excluding hydrogens is 316 g/mol. The Bertz CT molecular complexity index is 676.